The Kier molecular flexibility index (Phi) is 3.64. The van der Waals surface area contributed by atoms with Crippen molar-refractivity contribution < 1.29 is 4.79 Å². The van der Waals surface area contributed by atoms with Crippen LogP contribution in [-0.4, -0.2) is 16.9 Å². The summed E-state index contributed by atoms with van der Waals surface area (Å²) in [5, 5.41) is 3.07. The Hall–Kier alpha value is -1.94. The van der Waals surface area contributed by atoms with Crippen LogP contribution in [0.1, 0.15) is 39.4 Å². The van der Waals surface area contributed by atoms with Crippen LogP contribution >= 0.6 is 12.2 Å². The maximum atomic E-state index is 12.2. The van der Waals surface area contributed by atoms with E-state index in [1.165, 1.54) is 16.7 Å². The van der Waals surface area contributed by atoms with Crippen molar-refractivity contribution in [1.29, 1.82) is 0 Å². The van der Waals surface area contributed by atoms with Gasteiger partial charge in [0, 0.05) is 18.2 Å². The first-order valence-electron chi connectivity index (χ1n) is 7.12. The van der Waals surface area contributed by atoms with Gasteiger partial charge in [0.05, 0.1) is 5.56 Å². The molecule has 3 nitrogen and oxygen atoms in total. The normalized spacial score (nSPS) is 20.1. The van der Waals surface area contributed by atoms with Gasteiger partial charge in [0.15, 0.2) is 0 Å². The lowest BCUT2D eigenvalue weighted by molar-refractivity contribution is 0.0949. The van der Waals surface area contributed by atoms with Crippen molar-refractivity contribution in [2.45, 2.75) is 32.2 Å². The minimum atomic E-state index is -0.0896. The molecule has 1 aliphatic carbocycles. The van der Waals surface area contributed by atoms with Crippen LogP contribution < -0.4 is 5.32 Å². The standard InChI is InChI=1S/C17H18N2OS/c1-10-5-6-12(8-11(10)2)14-9-15(14)19-16(20)13-4-3-7-18-17(13)21/h3-8,14-15H,9H2,1-2H3,(H,18,21)(H,19,20)/t14-,15-/m0/s1. The second-order valence-corrected chi connectivity index (χ2v) is 6.09. The first-order chi connectivity index (χ1) is 10.1. The van der Waals surface area contributed by atoms with Gasteiger partial charge in [-0.15, -0.1) is 0 Å². The Labute approximate surface area is 129 Å². The molecular formula is C17H18N2OS. The van der Waals surface area contributed by atoms with Gasteiger partial charge in [-0.1, -0.05) is 30.4 Å². The first kappa shape index (κ1) is 14.0. The molecule has 3 rings (SSSR count). The van der Waals surface area contributed by atoms with Gasteiger partial charge in [0.1, 0.15) is 4.64 Å². The van der Waals surface area contributed by atoms with Crippen LogP contribution in [0.5, 0.6) is 0 Å². The smallest absolute Gasteiger partial charge is 0.254 e. The topological polar surface area (TPSA) is 44.9 Å². The second kappa shape index (κ2) is 5.45. The quantitative estimate of drug-likeness (QED) is 0.850. The monoisotopic (exact) mass is 298 g/mol. The molecule has 0 aliphatic heterocycles. The molecule has 108 valence electrons. The molecule has 0 saturated heterocycles. The Bertz CT molecular complexity index is 750. The van der Waals surface area contributed by atoms with Crippen molar-refractivity contribution in [2.75, 3.05) is 0 Å². The average molecular weight is 298 g/mol. The molecule has 0 unspecified atom stereocenters. The van der Waals surface area contributed by atoms with Crippen molar-refractivity contribution in [3.8, 4) is 0 Å². The molecule has 0 spiro atoms. The third-order valence-corrected chi connectivity index (χ3v) is 4.47. The van der Waals surface area contributed by atoms with Gasteiger partial charge in [-0.2, -0.15) is 0 Å². The summed E-state index contributed by atoms with van der Waals surface area (Å²) in [6.07, 6.45) is 2.73. The molecule has 2 atom stereocenters. The van der Waals surface area contributed by atoms with Crippen LogP contribution in [0.3, 0.4) is 0 Å². The van der Waals surface area contributed by atoms with E-state index in [0.717, 1.165) is 6.42 Å². The summed E-state index contributed by atoms with van der Waals surface area (Å²) in [5.74, 6) is 0.336. The SMILES string of the molecule is Cc1ccc([C@@H]2C[C@@H]2NC(=O)c2ccc[nH]c2=S)cc1C. The van der Waals surface area contributed by atoms with Gasteiger partial charge >= 0.3 is 0 Å². The zero-order valence-corrected chi connectivity index (χ0v) is 13.0. The Morgan fingerprint density at radius 1 is 1.29 bits per heavy atom. The molecule has 1 amide bonds. The summed E-state index contributed by atoms with van der Waals surface area (Å²) in [6.45, 7) is 4.24. The number of aryl methyl sites for hydroxylation is 2. The number of rotatable bonds is 3. The van der Waals surface area contributed by atoms with E-state index in [2.05, 4.69) is 42.3 Å². The van der Waals surface area contributed by atoms with Gasteiger partial charge in [-0.05, 0) is 49.1 Å². The summed E-state index contributed by atoms with van der Waals surface area (Å²) >= 11 is 5.14. The molecule has 0 radical (unpaired) electrons. The number of aromatic amines is 1. The average Bonchev–Trinajstić information content (AvgIpc) is 3.21. The van der Waals surface area contributed by atoms with Crippen molar-refractivity contribution >= 4 is 18.1 Å². The molecule has 1 heterocycles. The fraction of sp³-hybridized carbons (Fsp3) is 0.294. The van der Waals surface area contributed by atoms with Gasteiger partial charge < -0.3 is 10.3 Å². The molecule has 2 aromatic rings. The predicted molar refractivity (Wildman–Crippen MR) is 86.2 cm³/mol. The van der Waals surface area contributed by atoms with Gasteiger partial charge in [0.25, 0.3) is 5.91 Å². The van der Waals surface area contributed by atoms with E-state index in [4.69, 9.17) is 12.2 Å². The number of pyridine rings is 1. The number of carbonyl (C=O) groups excluding carboxylic acids is 1. The maximum absolute atomic E-state index is 12.2. The minimum absolute atomic E-state index is 0.0896. The van der Waals surface area contributed by atoms with E-state index < -0.39 is 0 Å². The van der Waals surface area contributed by atoms with E-state index >= 15 is 0 Å². The Morgan fingerprint density at radius 3 is 2.81 bits per heavy atom. The molecule has 1 aromatic heterocycles. The van der Waals surface area contributed by atoms with Crippen LogP contribution in [0.4, 0.5) is 0 Å². The second-order valence-electron chi connectivity index (χ2n) is 5.68. The largest absolute Gasteiger partial charge is 0.352 e. The van der Waals surface area contributed by atoms with Crippen LogP contribution in [0.2, 0.25) is 0 Å². The van der Waals surface area contributed by atoms with E-state index in [1.54, 1.807) is 18.3 Å². The molecule has 1 aliphatic rings. The Morgan fingerprint density at radius 2 is 2.10 bits per heavy atom. The fourth-order valence-electron chi connectivity index (χ4n) is 2.56. The number of hydrogen-bond donors (Lipinski definition) is 2. The molecule has 2 N–H and O–H groups in total. The number of carbonyl (C=O) groups is 1. The third-order valence-electron chi connectivity index (χ3n) is 4.13. The number of aromatic nitrogens is 1. The summed E-state index contributed by atoms with van der Waals surface area (Å²) in [5.41, 5.74) is 4.45. The molecule has 1 aromatic carbocycles. The highest BCUT2D eigenvalue weighted by molar-refractivity contribution is 7.71. The third kappa shape index (κ3) is 2.90. The molecule has 4 heteroatoms. The zero-order valence-electron chi connectivity index (χ0n) is 12.1. The van der Waals surface area contributed by atoms with Crippen molar-refractivity contribution in [3.05, 3.63) is 63.4 Å². The van der Waals surface area contributed by atoms with Gasteiger partial charge in [-0.25, -0.2) is 0 Å². The van der Waals surface area contributed by atoms with Crippen molar-refractivity contribution in [3.63, 3.8) is 0 Å². The highest BCUT2D eigenvalue weighted by atomic mass is 32.1. The highest BCUT2D eigenvalue weighted by Gasteiger charge is 2.39. The van der Waals surface area contributed by atoms with E-state index in [0.29, 0.717) is 16.1 Å². The zero-order chi connectivity index (χ0) is 15.0. The summed E-state index contributed by atoms with van der Waals surface area (Å²) in [7, 11) is 0. The number of hydrogen-bond acceptors (Lipinski definition) is 2. The number of nitrogens with one attached hydrogen (secondary N) is 2. The van der Waals surface area contributed by atoms with Gasteiger partial charge in [-0.3, -0.25) is 4.79 Å². The molecular weight excluding hydrogens is 280 g/mol. The van der Waals surface area contributed by atoms with Crippen molar-refractivity contribution in [2.24, 2.45) is 0 Å². The lowest BCUT2D eigenvalue weighted by Crippen LogP contribution is -2.27. The minimum Gasteiger partial charge on any atom is -0.352 e. The fourth-order valence-corrected chi connectivity index (χ4v) is 2.79. The van der Waals surface area contributed by atoms with Crippen LogP contribution in [0, 0.1) is 18.5 Å². The van der Waals surface area contributed by atoms with E-state index in [-0.39, 0.29) is 11.9 Å². The molecule has 0 bridgehead atoms. The molecule has 21 heavy (non-hydrogen) atoms. The number of benzene rings is 1. The van der Waals surface area contributed by atoms with E-state index in [1.807, 2.05) is 0 Å². The van der Waals surface area contributed by atoms with Crippen LogP contribution in [0.15, 0.2) is 36.5 Å². The lowest BCUT2D eigenvalue weighted by atomic mass is 10.0. The van der Waals surface area contributed by atoms with E-state index in [9.17, 15) is 4.79 Å². The molecule has 1 fully saturated rings. The maximum Gasteiger partial charge on any atom is 0.254 e. The van der Waals surface area contributed by atoms with Crippen LogP contribution in [0.25, 0.3) is 0 Å². The predicted octanol–water partition coefficient (Wildman–Crippen LogP) is 3.65. The lowest BCUT2D eigenvalue weighted by Gasteiger charge is -2.07. The van der Waals surface area contributed by atoms with Crippen molar-refractivity contribution in [1.82, 2.24) is 10.3 Å². The molecule has 1 saturated carbocycles. The number of H-pyrrole nitrogens is 1. The Balaban J connectivity index is 1.69. The van der Waals surface area contributed by atoms with Crippen LogP contribution in [-0.2, 0) is 0 Å². The summed E-state index contributed by atoms with van der Waals surface area (Å²) in [4.78, 5) is 15.1. The van der Waals surface area contributed by atoms with Gasteiger partial charge in [0.2, 0.25) is 0 Å². The number of amides is 1. The highest BCUT2D eigenvalue weighted by Crippen LogP contribution is 2.41. The first-order valence-corrected chi connectivity index (χ1v) is 7.53. The summed E-state index contributed by atoms with van der Waals surface area (Å²) < 4.78 is 0.485. The summed E-state index contributed by atoms with van der Waals surface area (Å²) in [6, 6.07) is 10.3.